The highest BCUT2D eigenvalue weighted by Gasteiger charge is 2.21. The first-order valence-corrected chi connectivity index (χ1v) is 11.5. The van der Waals surface area contributed by atoms with Crippen LogP contribution in [0.4, 0.5) is 0 Å². The van der Waals surface area contributed by atoms with Crippen molar-refractivity contribution in [3.05, 3.63) is 35.5 Å². The van der Waals surface area contributed by atoms with Gasteiger partial charge >= 0.3 is 0 Å². The Morgan fingerprint density at radius 2 is 1.42 bits per heavy atom. The molecule has 0 saturated carbocycles. The summed E-state index contributed by atoms with van der Waals surface area (Å²) >= 11 is 0. The summed E-state index contributed by atoms with van der Waals surface area (Å²) in [7, 11) is 0. The lowest BCUT2D eigenvalue weighted by molar-refractivity contribution is 0.261. The third-order valence-electron chi connectivity index (χ3n) is 6.44. The molecule has 1 atom stereocenters. The van der Waals surface area contributed by atoms with Crippen molar-refractivity contribution in [2.75, 3.05) is 6.54 Å². The minimum atomic E-state index is 0.376. The topological polar surface area (TPSA) is 26.0 Å². The van der Waals surface area contributed by atoms with Crippen LogP contribution in [0.1, 0.15) is 110 Å². The lowest BCUT2D eigenvalue weighted by atomic mass is 9.79. The fraction of sp³-hybridized carbons (Fsp3) is 0.760. The summed E-state index contributed by atoms with van der Waals surface area (Å²) in [6.45, 7) is 3.28. The minimum Gasteiger partial charge on any atom is -0.330 e. The van der Waals surface area contributed by atoms with E-state index in [2.05, 4.69) is 31.2 Å². The SMILES string of the molecule is CC1(CN)CCCCCCCCCC/C=C2/C=C(C=CC2)CCCCC1. The van der Waals surface area contributed by atoms with Gasteiger partial charge in [-0.25, -0.2) is 0 Å². The van der Waals surface area contributed by atoms with Crippen molar-refractivity contribution < 1.29 is 0 Å². The summed E-state index contributed by atoms with van der Waals surface area (Å²) < 4.78 is 0. The lowest BCUT2D eigenvalue weighted by Crippen LogP contribution is -2.27. The van der Waals surface area contributed by atoms with Gasteiger partial charge in [-0.05, 0) is 68.1 Å². The van der Waals surface area contributed by atoms with Crippen LogP contribution in [-0.2, 0) is 0 Å². The molecule has 2 N–H and O–H groups in total. The quantitative estimate of drug-likeness (QED) is 0.513. The monoisotopic (exact) mass is 357 g/mol. The lowest BCUT2D eigenvalue weighted by Gasteiger charge is -2.28. The number of allylic oxidation sites excluding steroid dienone is 6. The summed E-state index contributed by atoms with van der Waals surface area (Å²) in [6, 6.07) is 0. The van der Waals surface area contributed by atoms with Crippen molar-refractivity contribution in [3.8, 4) is 0 Å². The van der Waals surface area contributed by atoms with Crippen LogP contribution in [0.15, 0.2) is 35.5 Å². The molecule has 0 spiro atoms. The Bertz CT molecular complexity index is 471. The fourth-order valence-electron chi connectivity index (χ4n) is 4.42. The van der Waals surface area contributed by atoms with E-state index in [0.717, 1.165) is 13.0 Å². The van der Waals surface area contributed by atoms with Gasteiger partial charge in [0, 0.05) is 0 Å². The van der Waals surface area contributed by atoms with Gasteiger partial charge in [0.1, 0.15) is 0 Å². The van der Waals surface area contributed by atoms with Crippen LogP contribution in [0.3, 0.4) is 0 Å². The van der Waals surface area contributed by atoms with E-state index in [4.69, 9.17) is 5.73 Å². The van der Waals surface area contributed by atoms with Crippen molar-refractivity contribution in [1.82, 2.24) is 0 Å². The molecule has 0 aromatic heterocycles. The minimum absolute atomic E-state index is 0.376. The highest BCUT2D eigenvalue weighted by atomic mass is 14.6. The Morgan fingerprint density at radius 3 is 2.12 bits per heavy atom. The second kappa shape index (κ2) is 12.5. The molecule has 0 saturated heterocycles. The van der Waals surface area contributed by atoms with Gasteiger partial charge < -0.3 is 5.73 Å². The Kier molecular flexibility index (Phi) is 10.4. The van der Waals surface area contributed by atoms with E-state index < -0.39 is 0 Å². The summed E-state index contributed by atoms with van der Waals surface area (Å²) in [4.78, 5) is 0. The molecule has 26 heavy (non-hydrogen) atoms. The first kappa shape index (κ1) is 21.5. The normalized spacial score (nSPS) is 30.1. The van der Waals surface area contributed by atoms with Gasteiger partial charge in [-0.2, -0.15) is 0 Å². The predicted molar refractivity (Wildman–Crippen MR) is 116 cm³/mol. The van der Waals surface area contributed by atoms with Crippen LogP contribution < -0.4 is 5.73 Å². The average Bonchev–Trinajstić information content (AvgIpc) is 2.65. The molecule has 1 unspecified atom stereocenters. The van der Waals surface area contributed by atoms with Crippen LogP contribution in [0.5, 0.6) is 0 Å². The number of nitrogens with two attached hydrogens (primary N) is 1. The molecule has 0 fully saturated rings. The first-order chi connectivity index (χ1) is 12.7. The van der Waals surface area contributed by atoms with E-state index >= 15 is 0 Å². The van der Waals surface area contributed by atoms with Gasteiger partial charge in [0.25, 0.3) is 0 Å². The number of hydrogen-bond acceptors (Lipinski definition) is 1. The van der Waals surface area contributed by atoms with Crippen LogP contribution in [0.25, 0.3) is 0 Å². The van der Waals surface area contributed by atoms with Gasteiger partial charge in [0.05, 0.1) is 0 Å². The first-order valence-electron chi connectivity index (χ1n) is 11.5. The molecule has 1 nitrogen and oxygen atoms in total. The third kappa shape index (κ3) is 8.71. The Balaban J connectivity index is 1.85. The standard InChI is InChI=1S/C25H43N/c1-25(22-26)19-12-8-6-4-2-3-5-7-10-15-23-17-14-18-24(21-23)16-11-9-13-20-25/h14-15,18,21H,2-13,16-17,19-20,22,26H2,1H3/b23-15+. The van der Waals surface area contributed by atoms with E-state index in [-0.39, 0.29) is 0 Å². The summed E-state index contributed by atoms with van der Waals surface area (Å²) in [5, 5.41) is 0. The molecular formula is C25H43N. The van der Waals surface area contributed by atoms with Gasteiger partial charge in [-0.3, -0.25) is 0 Å². The molecule has 0 aromatic rings. The molecule has 0 amide bonds. The Morgan fingerprint density at radius 1 is 0.808 bits per heavy atom. The maximum Gasteiger partial charge on any atom is -0.00232 e. The molecule has 2 bridgehead atoms. The highest BCUT2D eigenvalue weighted by molar-refractivity contribution is 5.36. The molecule has 2 aliphatic carbocycles. The van der Waals surface area contributed by atoms with Gasteiger partial charge in [0.2, 0.25) is 0 Å². The van der Waals surface area contributed by atoms with Crippen molar-refractivity contribution in [1.29, 1.82) is 0 Å². The van der Waals surface area contributed by atoms with Gasteiger partial charge in [-0.1, -0.05) is 89.0 Å². The second-order valence-electron chi connectivity index (χ2n) is 9.05. The molecule has 0 heterocycles. The molecule has 148 valence electrons. The maximum atomic E-state index is 6.13. The second-order valence-corrected chi connectivity index (χ2v) is 9.05. The largest absolute Gasteiger partial charge is 0.330 e. The van der Waals surface area contributed by atoms with E-state index in [9.17, 15) is 0 Å². The molecule has 0 radical (unpaired) electrons. The number of fused-ring (bicyclic) bond motifs is 1. The fourth-order valence-corrected chi connectivity index (χ4v) is 4.42. The Labute approximate surface area is 163 Å². The molecule has 0 aliphatic heterocycles. The smallest absolute Gasteiger partial charge is 0.00232 e. The third-order valence-corrected chi connectivity index (χ3v) is 6.44. The maximum absolute atomic E-state index is 6.13. The summed E-state index contributed by atoms with van der Waals surface area (Å²) in [5.41, 5.74) is 9.60. The molecule has 2 rings (SSSR count). The number of hydrogen-bond donors (Lipinski definition) is 1. The van der Waals surface area contributed by atoms with Crippen molar-refractivity contribution in [2.24, 2.45) is 11.1 Å². The predicted octanol–water partition coefficient (Wildman–Crippen LogP) is 7.63. The van der Waals surface area contributed by atoms with Crippen LogP contribution >= 0.6 is 0 Å². The van der Waals surface area contributed by atoms with Gasteiger partial charge in [-0.15, -0.1) is 0 Å². The van der Waals surface area contributed by atoms with E-state index in [1.165, 1.54) is 96.3 Å². The molecule has 1 heteroatoms. The Hall–Kier alpha value is -0.820. The number of rotatable bonds is 1. The van der Waals surface area contributed by atoms with Gasteiger partial charge in [0.15, 0.2) is 0 Å². The van der Waals surface area contributed by atoms with Crippen LogP contribution in [0, 0.1) is 5.41 Å². The van der Waals surface area contributed by atoms with Crippen molar-refractivity contribution >= 4 is 0 Å². The molecule has 2 aliphatic rings. The van der Waals surface area contributed by atoms with Crippen LogP contribution in [-0.4, -0.2) is 6.54 Å². The van der Waals surface area contributed by atoms with Crippen LogP contribution in [0.2, 0.25) is 0 Å². The highest BCUT2D eigenvalue weighted by Crippen LogP contribution is 2.31. The van der Waals surface area contributed by atoms with Crippen molar-refractivity contribution in [2.45, 2.75) is 110 Å². The molecular weight excluding hydrogens is 314 g/mol. The average molecular weight is 358 g/mol. The van der Waals surface area contributed by atoms with E-state index in [1.807, 2.05) is 0 Å². The summed E-state index contributed by atoms with van der Waals surface area (Å²) in [6.07, 6.45) is 31.2. The van der Waals surface area contributed by atoms with E-state index in [0.29, 0.717) is 5.41 Å². The zero-order chi connectivity index (χ0) is 18.5. The zero-order valence-corrected chi connectivity index (χ0v) is 17.4. The van der Waals surface area contributed by atoms with E-state index in [1.54, 1.807) is 11.1 Å². The molecule has 0 aromatic carbocycles. The zero-order valence-electron chi connectivity index (χ0n) is 17.4. The van der Waals surface area contributed by atoms with Crippen molar-refractivity contribution in [3.63, 3.8) is 0 Å². The summed E-state index contributed by atoms with van der Waals surface area (Å²) in [5.74, 6) is 0.